The molecular formula is C11H21N3O4. The maximum Gasteiger partial charge on any atom is 0.303 e. The van der Waals surface area contributed by atoms with Gasteiger partial charge in [0, 0.05) is 39.1 Å². The van der Waals surface area contributed by atoms with Crippen molar-refractivity contribution in [2.45, 2.75) is 18.9 Å². The molecule has 7 heteroatoms. The highest BCUT2D eigenvalue weighted by molar-refractivity contribution is 5.82. The number of carboxylic acid groups (broad SMARTS) is 1. The van der Waals surface area contributed by atoms with Crippen molar-refractivity contribution in [3.8, 4) is 0 Å². The van der Waals surface area contributed by atoms with Crippen molar-refractivity contribution in [2.24, 2.45) is 5.73 Å². The lowest BCUT2D eigenvalue weighted by Crippen LogP contribution is -2.53. The van der Waals surface area contributed by atoms with Gasteiger partial charge in [0.25, 0.3) is 0 Å². The van der Waals surface area contributed by atoms with E-state index in [0.29, 0.717) is 19.6 Å². The van der Waals surface area contributed by atoms with Crippen LogP contribution in [0.2, 0.25) is 0 Å². The van der Waals surface area contributed by atoms with E-state index in [1.807, 2.05) is 0 Å². The standard InChI is InChI=1S/C11H21N3O4/c12-9(1-2-10(16)17)11(18)14-5-3-13(4-6-14)7-8-15/h9,15H,1-8,12H2,(H,16,17). The monoisotopic (exact) mass is 259 g/mol. The molecule has 4 N–H and O–H groups in total. The number of carbonyl (C=O) groups excluding carboxylic acids is 1. The van der Waals surface area contributed by atoms with Crippen molar-refractivity contribution in [3.05, 3.63) is 0 Å². The van der Waals surface area contributed by atoms with Gasteiger partial charge >= 0.3 is 5.97 Å². The first-order valence-corrected chi connectivity index (χ1v) is 6.14. The molecule has 1 heterocycles. The van der Waals surface area contributed by atoms with Gasteiger partial charge < -0.3 is 20.8 Å². The number of rotatable bonds is 6. The molecule has 0 saturated carbocycles. The van der Waals surface area contributed by atoms with Gasteiger partial charge in [-0.2, -0.15) is 0 Å². The lowest BCUT2D eigenvalue weighted by Gasteiger charge is -2.35. The predicted molar refractivity (Wildman–Crippen MR) is 65.0 cm³/mol. The number of β-amino-alcohol motifs (C(OH)–C–C–N with tert-alkyl or cyclic N) is 1. The van der Waals surface area contributed by atoms with Crippen molar-refractivity contribution in [1.29, 1.82) is 0 Å². The van der Waals surface area contributed by atoms with Crippen LogP contribution in [0.25, 0.3) is 0 Å². The summed E-state index contributed by atoms with van der Waals surface area (Å²) in [5, 5.41) is 17.3. The molecule has 0 spiro atoms. The highest BCUT2D eigenvalue weighted by Gasteiger charge is 2.25. The molecule has 18 heavy (non-hydrogen) atoms. The van der Waals surface area contributed by atoms with E-state index in [-0.39, 0.29) is 25.4 Å². The quantitative estimate of drug-likeness (QED) is 0.525. The molecule has 0 aromatic carbocycles. The summed E-state index contributed by atoms with van der Waals surface area (Å²) in [7, 11) is 0. The van der Waals surface area contributed by atoms with Crippen LogP contribution in [0.3, 0.4) is 0 Å². The number of aliphatic carboxylic acids is 1. The average molecular weight is 259 g/mol. The van der Waals surface area contributed by atoms with E-state index in [0.717, 1.165) is 13.1 Å². The van der Waals surface area contributed by atoms with E-state index in [1.165, 1.54) is 0 Å². The highest BCUT2D eigenvalue weighted by atomic mass is 16.4. The van der Waals surface area contributed by atoms with E-state index in [2.05, 4.69) is 4.90 Å². The smallest absolute Gasteiger partial charge is 0.303 e. The first-order valence-electron chi connectivity index (χ1n) is 6.14. The van der Waals surface area contributed by atoms with Gasteiger partial charge in [-0.15, -0.1) is 0 Å². The van der Waals surface area contributed by atoms with Crippen molar-refractivity contribution in [3.63, 3.8) is 0 Å². The normalized spacial score (nSPS) is 18.7. The average Bonchev–Trinajstić information content (AvgIpc) is 2.36. The van der Waals surface area contributed by atoms with Crippen LogP contribution in [-0.4, -0.2) is 77.3 Å². The van der Waals surface area contributed by atoms with Crippen LogP contribution in [0.5, 0.6) is 0 Å². The first kappa shape index (κ1) is 14.9. The van der Waals surface area contributed by atoms with Crippen molar-refractivity contribution in [1.82, 2.24) is 9.80 Å². The molecule has 1 aliphatic heterocycles. The van der Waals surface area contributed by atoms with Crippen molar-refractivity contribution in [2.75, 3.05) is 39.3 Å². The number of aliphatic hydroxyl groups is 1. The van der Waals surface area contributed by atoms with Gasteiger partial charge in [0.2, 0.25) is 5.91 Å². The molecule has 1 unspecified atom stereocenters. The van der Waals surface area contributed by atoms with E-state index >= 15 is 0 Å². The third-order valence-corrected chi connectivity index (χ3v) is 3.09. The van der Waals surface area contributed by atoms with Crippen LogP contribution in [-0.2, 0) is 9.59 Å². The van der Waals surface area contributed by atoms with Crippen molar-refractivity contribution >= 4 is 11.9 Å². The maximum absolute atomic E-state index is 11.9. The summed E-state index contributed by atoms with van der Waals surface area (Å²) in [6, 6.07) is -0.731. The Bertz CT molecular complexity index is 290. The van der Waals surface area contributed by atoms with Gasteiger partial charge in [-0.3, -0.25) is 14.5 Å². The van der Waals surface area contributed by atoms with E-state index in [4.69, 9.17) is 15.9 Å². The second-order valence-electron chi connectivity index (χ2n) is 4.43. The van der Waals surface area contributed by atoms with Crippen LogP contribution < -0.4 is 5.73 Å². The highest BCUT2D eigenvalue weighted by Crippen LogP contribution is 2.05. The second kappa shape index (κ2) is 7.30. The van der Waals surface area contributed by atoms with Crippen LogP contribution in [0.1, 0.15) is 12.8 Å². The van der Waals surface area contributed by atoms with Crippen molar-refractivity contribution < 1.29 is 19.8 Å². The fourth-order valence-corrected chi connectivity index (χ4v) is 1.97. The first-order chi connectivity index (χ1) is 8.54. The summed E-state index contributed by atoms with van der Waals surface area (Å²) < 4.78 is 0. The van der Waals surface area contributed by atoms with Gasteiger partial charge in [-0.05, 0) is 6.42 Å². The van der Waals surface area contributed by atoms with E-state index in [9.17, 15) is 9.59 Å². The molecule has 0 aromatic heterocycles. The molecule has 1 aliphatic rings. The number of amides is 1. The minimum Gasteiger partial charge on any atom is -0.481 e. The Morgan fingerprint density at radius 2 is 1.83 bits per heavy atom. The molecule has 0 bridgehead atoms. The Morgan fingerprint density at radius 3 is 2.33 bits per heavy atom. The Morgan fingerprint density at radius 1 is 1.22 bits per heavy atom. The molecule has 0 radical (unpaired) electrons. The summed E-state index contributed by atoms with van der Waals surface area (Å²) in [6.45, 7) is 3.34. The van der Waals surface area contributed by atoms with E-state index in [1.54, 1.807) is 4.90 Å². The Labute approximate surface area is 106 Å². The number of hydrogen-bond acceptors (Lipinski definition) is 5. The third-order valence-electron chi connectivity index (χ3n) is 3.09. The SMILES string of the molecule is NC(CCC(=O)O)C(=O)N1CCN(CCO)CC1. The molecule has 1 saturated heterocycles. The molecule has 1 rings (SSSR count). The van der Waals surface area contributed by atoms with Gasteiger partial charge in [0.1, 0.15) is 0 Å². The summed E-state index contributed by atoms with van der Waals surface area (Å²) in [4.78, 5) is 26.1. The molecule has 0 aromatic rings. The number of hydrogen-bond donors (Lipinski definition) is 3. The number of nitrogens with two attached hydrogens (primary N) is 1. The van der Waals surface area contributed by atoms with Gasteiger partial charge in [-0.25, -0.2) is 0 Å². The minimum atomic E-state index is -0.939. The topological polar surface area (TPSA) is 107 Å². The summed E-state index contributed by atoms with van der Waals surface area (Å²) in [5.74, 6) is -1.12. The molecule has 1 atom stereocenters. The Hall–Kier alpha value is -1.18. The largest absolute Gasteiger partial charge is 0.481 e. The number of carboxylic acids is 1. The maximum atomic E-state index is 11.9. The molecule has 0 aliphatic carbocycles. The second-order valence-corrected chi connectivity index (χ2v) is 4.43. The Balaban J connectivity index is 2.32. The summed E-state index contributed by atoms with van der Waals surface area (Å²) >= 11 is 0. The zero-order chi connectivity index (χ0) is 13.5. The Kier molecular flexibility index (Phi) is 6.03. The number of aliphatic hydroxyl groups excluding tert-OH is 1. The fraction of sp³-hybridized carbons (Fsp3) is 0.818. The number of nitrogens with zero attached hydrogens (tertiary/aromatic N) is 2. The summed E-state index contributed by atoms with van der Waals surface area (Å²) in [6.07, 6.45) is 0.0857. The molecule has 7 nitrogen and oxygen atoms in total. The van der Waals surface area contributed by atoms with Gasteiger partial charge in [0.05, 0.1) is 12.6 Å². The molecule has 104 valence electrons. The van der Waals surface area contributed by atoms with Gasteiger partial charge in [-0.1, -0.05) is 0 Å². The van der Waals surface area contributed by atoms with Crippen LogP contribution in [0.4, 0.5) is 0 Å². The molecule has 1 amide bonds. The lowest BCUT2D eigenvalue weighted by atomic mass is 10.1. The zero-order valence-electron chi connectivity index (χ0n) is 10.4. The minimum absolute atomic E-state index is 0.0859. The summed E-state index contributed by atoms with van der Waals surface area (Å²) in [5.41, 5.74) is 5.68. The van der Waals surface area contributed by atoms with Crippen LogP contribution >= 0.6 is 0 Å². The zero-order valence-corrected chi connectivity index (χ0v) is 10.4. The predicted octanol–water partition coefficient (Wildman–Crippen LogP) is -1.68. The fourth-order valence-electron chi connectivity index (χ4n) is 1.97. The van der Waals surface area contributed by atoms with Gasteiger partial charge in [0.15, 0.2) is 0 Å². The van der Waals surface area contributed by atoms with Crippen LogP contribution in [0, 0.1) is 0 Å². The number of piperazine rings is 1. The number of carbonyl (C=O) groups is 2. The third kappa shape index (κ3) is 4.59. The molecular weight excluding hydrogens is 238 g/mol. The molecule has 1 fully saturated rings. The van der Waals surface area contributed by atoms with Crippen LogP contribution in [0.15, 0.2) is 0 Å². The van der Waals surface area contributed by atoms with E-state index < -0.39 is 12.0 Å². The lowest BCUT2D eigenvalue weighted by molar-refractivity contribution is -0.138.